The summed E-state index contributed by atoms with van der Waals surface area (Å²) in [6, 6.07) is 9.65. The zero-order valence-electron chi connectivity index (χ0n) is 13.8. The zero-order chi connectivity index (χ0) is 19.4. The summed E-state index contributed by atoms with van der Waals surface area (Å²) in [6.45, 7) is 0. The van der Waals surface area contributed by atoms with Crippen molar-refractivity contribution in [1.82, 2.24) is 10.2 Å². The van der Waals surface area contributed by atoms with Crippen molar-refractivity contribution in [3.8, 4) is 5.75 Å². The van der Waals surface area contributed by atoms with E-state index < -0.39 is 15.8 Å². The van der Waals surface area contributed by atoms with Crippen molar-refractivity contribution in [1.29, 1.82) is 0 Å². The van der Waals surface area contributed by atoms with Gasteiger partial charge in [0.05, 0.1) is 12.0 Å². The van der Waals surface area contributed by atoms with Crippen molar-refractivity contribution < 1.29 is 21.9 Å². The fraction of sp³-hybridized carbons (Fsp3) is 0.125. The summed E-state index contributed by atoms with van der Waals surface area (Å²) in [5, 5.41) is 7.66. The Morgan fingerprint density at radius 3 is 2.63 bits per heavy atom. The molecule has 6 nitrogen and oxygen atoms in total. The molecule has 0 bridgehead atoms. The van der Waals surface area contributed by atoms with Crippen LogP contribution in [0.2, 0.25) is 0 Å². The molecule has 0 aliphatic rings. The lowest BCUT2D eigenvalue weighted by atomic mass is 10.2. The number of thioether (sulfide) groups is 1. The van der Waals surface area contributed by atoms with Gasteiger partial charge in [0.15, 0.2) is 15.9 Å². The van der Waals surface area contributed by atoms with E-state index in [0.717, 1.165) is 17.4 Å². The van der Waals surface area contributed by atoms with Crippen LogP contribution in [0.1, 0.15) is 5.56 Å². The van der Waals surface area contributed by atoms with Crippen molar-refractivity contribution in [2.75, 3.05) is 11.8 Å². The van der Waals surface area contributed by atoms with Gasteiger partial charge in [-0.05, 0) is 29.8 Å². The maximum Gasteiger partial charge on any atom is 0.263 e. The van der Waals surface area contributed by atoms with Crippen molar-refractivity contribution in [2.24, 2.45) is 0 Å². The van der Waals surface area contributed by atoms with Crippen LogP contribution in [-0.4, -0.2) is 25.7 Å². The Morgan fingerprint density at radius 2 is 1.93 bits per heavy atom. The highest BCUT2D eigenvalue weighted by Crippen LogP contribution is 2.30. The first-order chi connectivity index (χ1) is 12.9. The van der Waals surface area contributed by atoms with Gasteiger partial charge in [-0.3, -0.25) is 4.72 Å². The van der Waals surface area contributed by atoms with Gasteiger partial charge < -0.3 is 4.74 Å². The van der Waals surface area contributed by atoms with E-state index in [1.807, 2.05) is 0 Å². The number of aromatic nitrogens is 2. The largest absolute Gasteiger partial charge is 0.494 e. The Labute approximate surface area is 162 Å². The summed E-state index contributed by atoms with van der Waals surface area (Å²) in [6.07, 6.45) is 0. The summed E-state index contributed by atoms with van der Waals surface area (Å²) >= 11 is 2.23. The molecule has 0 amide bonds. The second-order valence-electron chi connectivity index (χ2n) is 5.16. The number of nitrogens with one attached hydrogen (secondary N) is 1. The van der Waals surface area contributed by atoms with Crippen LogP contribution in [-0.2, 0) is 15.8 Å². The third kappa shape index (κ3) is 4.73. The Morgan fingerprint density at radius 1 is 1.15 bits per heavy atom. The number of halogens is 2. The molecular formula is C16H13F2N3O3S3. The Kier molecular flexibility index (Phi) is 5.92. The summed E-state index contributed by atoms with van der Waals surface area (Å²) in [5.41, 5.74) is 0.508. The van der Waals surface area contributed by atoms with E-state index in [9.17, 15) is 17.2 Å². The number of hydrogen-bond acceptors (Lipinski definition) is 7. The molecule has 0 saturated heterocycles. The monoisotopic (exact) mass is 429 g/mol. The normalized spacial score (nSPS) is 11.4. The zero-order valence-corrected chi connectivity index (χ0v) is 16.3. The fourth-order valence-electron chi connectivity index (χ4n) is 2.05. The highest BCUT2D eigenvalue weighted by Gasteiger charge is 2.19. The van der Waals surface area contributed by atoms with E-state index in [-0.39, 0.29) is 21.6 Å². The van der Waals surface area contributed by atoms with Crippen LogP contribution in [0.4, 0.5) is 13.9 Å². The smallest absolute Gasteiger partial charge is 0.263 e. The molecule has 1 heterocycles. The van der Waals surface area contributed by atoms with E-state index in [0.29, 0.717) is 15.7 Å². The standard InChI is InChI=1S/C16H13F2N3O3S3/c1-24-14-7-6-11(8-13(14)18)27(22,23)21-15-19-20-16(26-15)25-9-10-4-2-3-5-12(10)17/h2-8H,9H2,1H3,(H,19,21). The first-order valence-electron chi connectivity index (χ1n) is 7.45. The highest BCUT2D eigenvalue weighted by molar-refractivity contribution is 8.00. The molecule has 0 saturated carbocycles. The van der Waals surface area contributed by atoms with Crippen molar-refractivity contribution in [2.45, 2.75) is 15.0 Å². The molecule has 0 spiro atoms. The van der Waals surface area contributed by atoms with Crippen LogP contribution in [0.25, 0.3) is 0 Å². The predicted molar refractivity (Wildman–Crippen MR) is 99.6 cm³/mol. The number of ether oxygens (including phenoxy) is 1. The van der Waals surface area contributed by atoms with Gasteiger partial charge in [0.1, 0.15) is 5.82 Å². The molecule has 0 aliphatic carbocycles. The average Bonchev–Trinajstić information content (AvgIpc) is 3.07. The average molecular weight is 429 g/mol. The molecule has 0 aliphatic heterocycles. The van der Waals surface area contributed by atoms with Gasteiger partial charge in [0, 0.05) is 5.75 Å². The van der Waals surface area contributed by atoms with Crippen LogP contribution in [0.3, 0.4) is 0 Å². The molecule has 1 N–H and O–H groups in total. The summed E-state index contributed by atoms with van der Waals surface area (Å²) < 4.78 is 59.5. The maximum absolute atomic E-state index is 13.7. The number of anilines is 1. The van der Waals surface area contributed by atoms with Gasteiger partial charge in [0.25, 0.3) is 10.0 Å². The highest BCUT2D eigenvalue weighted by atomic mass is 32.2. The number of hydrogen-bond donors (Lipinski definition) is 1. The molecular weight excluding hydrogens is 416 g/mol. The summed E-state index contributed by atoms with van der Waals surface area (Å²) in [7, 11) is -2.74. The third-order valence-corrected chi connectivity index (χ3v) is 6.86. The van der Waals surface area contributed by atoms with E-state index in [1.54, 1.807) is 18.2 Å². The Bertz CT molecular complexity index is 1060. The molecule has 11 heteroatoms. The molecule has 142 valence electrons. The summed E-state index contributed by atoms with van der Waals surface area (Å²) in [4.78, 5) is -0.267. The van der Waals surface area contributed by atoms with Crippen molar-refractivity contribution >= 4 is 38.3 Å². The van der Waals surface area contributed by atoms with Gasteiger partial charge in [-0.15, -0.1) is 10.2 Å². The Hall–Kier alpha value is -2.24. The van der Waals surface area contributed by atoms with Gasteiger partial charge in [-0.1, -0.05) is 41.3 Å². The molecule has 0 atom stereocenters. The molecule has 27 heavy (non-hydrogen) atoms. The molecule has 3 rings (SSSR count). The lowest BCUT2D eigenvalue weighted by molar-refractivity contribution is 0.385. The fourth-order valence-corrected chi connectivity index (χ4v) is 5.03. The van der Waals surface area contributed by atoms with Crippen LogP contribution < -0.4 is 9.46 Å². The Balaban J connectivity index is 1.69. The SMILES string of the molecule is COc1ccc(S(=O)(=O)Nc2nnc(SCc3ccccc3F)s2)cc1F. The minimum Gasteiger partial charge on any atom is -0.494 e. The molecule has 1 aromatic heterocycles. The molecule has 3 aromatic rings. The second-order valence-corrected chi connectivity index (χ2v) is 9.04. The van der Waals surface area contributed by atoms with Crippen LogP contribution in [0, 0.1) is 11.6 Å². The third-order valence-electron chi connectivity index (χ3n) is 3.37. The first-order valence-corrected chi connectivity index (χ1v) is 10.7. The lowest BCUT2D eigenvalue weighted by Crippen LogP contribution is -2.13. The molecule has 2 aromatic carbocycles. The van der Waals surface area contributed by atoms with Gasteiger partial charge in [-0.25, -0.2) is 17.2 Å². The van der Waals surface area contributed by atoms with E-state index in [1.165, 1.54) is 37.1 Å². The predicted octanol–water partition coefficient (Wildman–Crippen LogP) is 3.92. The minimum absolute atomic E-state index is 0.0299. The number of benzene rings is 2. The van der Waals surface area contributed by atoms with E-state index >= 15 is 0 Å². The molecule has 0 unspecified atom stereocenters. The summed E-state index contributed by atoms with van der Waals surface area (Å²) in [5.74, 6) is -0.843. The quantitative estimate of drug-likeness (QED) is 0.574. The van der Waals surface area contributed by atoms with Crippen LogP contribution in [0.15, 0.2) is 51.7 Å². The number of rotatable bonds is 7. The number of methoxy groups -OCH3 is 1. The number of sulfonamides is 1. The van der Waals surface area contributed by atoms with Gasteiger partial charge in [0.2, 0.25) is 5.13 Å². The molecule has 0 fully saturated rings. The van der Waals surface area contributed by atoms with Crippen molar-refractivity contribution in [3.05, 3.63) is 59.7 Å². The van der Waals surface area contributed by atoms with E-state index in [2.05, 4.69) is 14.9 Å². The van der Waals surface area contributed by atoms with Crippen molar-refractivity contribution in [3.63, 3.8) is 0 Å². The first kappa shape index (κ1) is 19.5. The topological polar surface area (TPSA) is 81.2 Å². The molecule has 0 radical (unpaired) electrons. The lowest BCUT2D eigenvalue weighted by Gasteiger charge is -2.06. The maximum atomic E-state index is 13.7. The van der Waals surface area contributed by atoms with E-state index in [4.69, 9.17) is 4.74 Å². The van der Waals surface area contributed by atoms with Crippen LogP contribution in [0.5, 0.6) is 5.75 Å². The minimum atomic E-state index is -4.03. The van der Waals surface area contributed by atoms with Gasteiger partial charge in [-0.2, -0.15) is 0 Å². The second kappa shape index (κ2) is 8.19. The van der Waals surface area contributed by atoms with Gasteiger partial charge >= 0.3 is 0 Å². The van der Waals surface area contributed by atoms with Crippen LogP contribution >= 0.6 is 23.1 Å². The number of nitrogens with zero attached hydrogens (tertiary/aromatic N) is 2.